The van der Waals surface area contributed by atoms with E-state index >= 15 is 0 Å². The molecule has 0 unspecified atom stereocenters. The van der Waals surface area contributed by atoms with Crippen molar-refractivity contribution in [2.75, 3.05) is 7.11 Å². The fraction of sp³-hybridized carbons (Fsp3) is 0.278. The second kappa shape index (κ2) is 8.42. The molecule has 0 saturated carbocycles. The van der Waals surface area contributed by atoms with Crippen LogP contribution in [0.4, 0.5) is 5.69 Å². The highest BCUT2D eigenvalue weighted by molar-refractivity contribution is 5.87. The van der Waals surface area contributed by atoms with E-state index in [2.05, 4.69) is 4.74 Å². The lowest BCUT2D eigenvalue weighted by molar-refractivity contribution is -0.384. The largest absolute Gasteiger partial charge is 0.466 e. The molecule has 0 heterocycles. The summed E-state index contributed by atoms with van der Waals surface area (Å²) in [4.78, 5) is 21.6. The summed E-state index contributed by atoms with van der Waals surface area (Å²) in [7, 11) is 1.26. The van der Waals surface area contributed by atoms with Gasteiger partial charge in [0.15, 0.2) is 5.41 Å². The van der Waals surface area contributed by atoms with Gasteiger partial charge in [-0.15, -0.1) is 0 Å². The van der Waals surface area contributed by atoms with E-state index in [4.69, 9.17) is 0 Å². The molecule has 1 aromatic carbocycles. The number of non-ortho nitro benzene ring substituents is 1. The average Bonchev–Trinajstić information content (AvgIpc) is 2.63. The van der Waals surface area contributed by atoms with E-state index in [9.17, 15) is 25.4 Å². The number of esters is 1. The Bertz CT molecular complexity index is 794. The third-order valence-corrected chi connectivity index (χ3v) is 3.76. The molecule has 0 aromatic heterocycles. The van der Waals surface area contributed by atoms with Crippen LogP contribution in [0.2, 0.25) is 0 Å². The molecule has 0 bridgehead atoms. The van der Waals surface area contributed by atoms with Gasteiger partial charge in [0.2, 0.25) is 0 Å². The minimum atomic E-state index is -1.44. The van der Waals surface area contributed by atoms with Crippen LogP contribution in [-0.4, -0.2) is 18.0 Å². The number of rotatable bonds is 6. The quantitative estimate of drug-likeness (QED) is 0.258. The first kappa shape index (κ1) is 19.6. The number of ether oxygens (including phenoxy) is 1. The van der Waals surface area contributed by atoms with Crippen molar-refractivity contribution in [2.45, 2.75) is 20.3 Å². The third-order valence-electron chi connectivity index (χ3n) is 3.76. The maximum absolute atomic E-state index is 11.4. The minimum absolute atomic E-state index is 0.0628. The molecule has 7 heteroatoms. The smallest absolute Gasteiger partial charge is 0.333 e. The number of nitriles is 2. The zero-order valence-corrected chi connectivity index (χ0v) is 14.1. The van der Waals surface area contributed by atoms with Crippen molar-refractivity contribution < 1.29 is 14.5 Å². The Hall–Kier alpha value is -3.45. The highest BCUT2D eigenvalue weighted by atomic mass is 16.6. The van der Waals surface area contributed by atoms with E-state index in [1.807, 2.05) is 12.1 Å². The monoisotopic (exact) mass is 339 g/mol. The fourth-order valence-corrected chi connectivity index (χ4v) is 2.08. The molecule has 0 aliphatic rings. The van der Waals surface area contributed by atoms with Crippen molar-refractivity contribution in [3.8, 4) is 12.1 Å². The Labute approximate surface area is 145 Å². The lowest BCUT2D eigenvalue weighted by Gasteiger charge is -2.19. The maximum Gasteiger partial charge on any atom is 0.333 e. The van der Waals surface area contributed by atoms with E-state index in [-0.39, 0.29) is 12.1 Å². The summed E-state index contributed by atoms with van der Waals surface area (Å²) >= 11 is 0. The van der Waals surface area contributed by atoms with Crippen LogP contribution in [0, 0.1) is 38.2 Å². The molecule has 0 spiro atoms. The summed E-state index contributed by atoms with van der Waals surface area (Å²) in [5.41, 5.74) is -0.0911. The van der Waals surface area contributed by atoms with E-state index in [0.717, 1.165) is 0 Å². The van der Waals surface area contributed by atoms with Crippen molar-refractivity contribution >= 4 is 11.7 Å². The lowest BCUT2D eigenvalue weighted by Crippen LogP contribution is -2.21. The van der Waals surface area contributed by atoms with Gasteiger partial charge >= 0.3 is 5.97 Å². The van der Waals surface area contributed by atoms with Crippen LogP contribution >= 0.6 is 0 Å². The molecule has 0 amide bonds. The van der Waals surface area contributed by atoms with Crippen molar-refractivity contribution in [1.29, 1.82) is 10.5 Å². The zero-order valence-electron chi connectivity index (χ0n) is 14.1. The van der Waals surface area contributed by atoms with E-state index in [1.54, 1.807) is 13.8 Å². The Balaban J connectivity index is 3.16. The Kier molecular flexibility index (Phi) is 6.60. The number of nitrogens with zero attached hydrogens (tertiary/aromatic N) is 3. The maximum atomic E-state index is 11.4. The van der Waals surface area contributed by atoms with Crippen LogP contribution in [-0.2, 0) is 16.0 Å². The first-order chi connectivity index (χ1) is 11.8. The number of allylic oxidation sites excluding steroid dienone is 3. The molecule has 0 fully saturated rings. The first-order valence-corrected chi connectivity index (χ1v) is 7.29. The standard InChI is InChI=1S/C18H17N3O4/c1-13(17(22)25-3)4-5-14(2)18(11-19,12-20)10-15-6-8-16(9-7-15)21(23)24/h4-9H,10H2,1-3H3/b13-4-,14-5+. The van der Waals surface area contributed by atoms with Crippen molar-refractivity contribution in [3.05, 3.63) is 63.2 Å². The minimum Gasteiger partial charge on any atom is -0.466 e. The number of benzene rings is 1. The van der Waals surface area contributed by atoms with Crippen molar-refractivity contribution in [2.24, 2.45) is 5.41 Å². The molecule has 1 aromatic rings. The molecule has 128 valence electrons. The summed E-state index contributed by atoms with van der Waals surface area (Å²) in [6, 6.07) is 9.71. The van der Waals surface area contributed by atoms with Gasteiger partial charge in [0.1, 0.15) is 0 Å². The number of carbonyl (C=O) groups is 1. The molecule has 0 N–H and O–H groups in total. The van der Waals surface area contributed by atoms with Gasteiger partial charge in [-0.05, 0) is 25.0 Å². The number of methoxy groups -OCH3 is 1. The topological polar surface area (TPSA) is 117 Å². The number of hydrogen-bond acceptors (Lipinski definition) is 6. The predicted molar refractivity (Wildman–Crippen MR) is 90.0 cm³/mol. The van der Waals surface area contributed by atoms with Gasteiger partial charge < -0.3 is 4.74 Å². The zero-order chi connectivity index (χ0) is 19.0. The highest BCUT2D eigenvalue weighted by Crippen LogP contribution is 2.31. The van der Waals surface area contributed by atoms with Gasteiger partial charge in [-0.3, -0.25) is 10.1 Å². The Morgan fingerprint density at radius 3 is 2.24 bits per heavy atom. The summed E-state index contributed by atoms with van der Waals surface area (Å²) in [6.45, 7) is 3.19. The number of nitro benzene ring substituents is 1. The molecular weight excluding hydrogens is 322 g/mol. The van der Waals surface area contributed by atoms with Crippen LogP contribution < -0.4 is 0 Å². The van der Waals surface area contributed by atoms with Gasteiger partial charge in [-0.25, -0.2) is 4.79 Å². The van der Waals surface area contributed by atoms with Crippen molar-refractivity contribution in [3.63, 3.8) is 0 Å². The first-order valence-electron chi connectivity index (χ1n) is 7.29. The average molecular weight is 339 g/mol. The van der Waals surface area contributed by atoms with Gasteiger partial charge in [-0.1, -0.05) is 24.3 Å². The van der Waals surface area contributed by atoms with E-state index in [1.165, 1.54) is 43.5 Å². The summed E-state index contributed by atoms with van der Waals surface area (Å²) in [5, 5.41) is 29.8. The number of hydrogen-bond donors (Lipinski definition) is 0. The van der Waals surface area contributed by atoms with Gasteiger partial charge in [0.25, 0.3) is 5.69 Å². The van der Waals surface area contributed by atoms with Crippen LogP contribution in [0.15, 0.2) is 47.6 Å². The van der Waals surface area contributed by atoms with Crippen LogP contribution in [0.5, 0.6) is 0 Å². The third kappa shape index (κ3) is 4.76. The van der Waals surface area contributed by atoms with Crippen molar-refractivity contribution in [1.82, 2.24) is 0 Å². The van der Waals surface area contributed by atoms with Crippen LogP contribution in [0.1, 0.15) is 19.4 Å². The molecule has 0 radical (unpaired) electrons. The number of nitro groups is 1. The molecule has 25 heavy (non-hydrogen) atoms. The fourth-order valence-electron chi connectivity index (χ4n) is 2.08. The summed E-state index contributed by atoms with van der Waals surface area (Å²) in [6.07, 6.45) is 3.09. The van der Waals surface area contributed by atoms with E-state index < -0.39 is 16.3 Å². The van der Waals surface area contributed by atoms with Gasteiger partial charge in [-0.2, -0.15) is 10.5 Å². The molecular formula is C18H17N3O4. The second-order valence-electron chi connectivity index (χ2n) is 5.42. The molecule has 0 aliphatic carbocycles. The highest BCUT2D eigenvalue weighted by Gasteiger charge is 2.32. The molecule has 1 rings (SSSR count). The second-order valence-corrected chi connectivity index (χ2v) is 5.42. The Morgan fingerprint density at radius 1 is 1.24 bits per heavy atom. The van der Waals surface area contributed by atoms with Gasteiger partial charge in [0, 0.05) is 24.1 Å². The van der Waals surface area contributed by atoms with E-state index in [0.29, 0.717) is 16.7 Å². The van der Waals surface area contributed by atoms with Gasteiger partial charge in [0.05, 0.1) is 24.2 Å². The lowest BCUT2D eigenvalue weighted by atomic mass is 9.78. The predicted octanol–water partition coefficient (Wildman–Crippen LogP) is 3.24. The van der Waals surface area contributed by atoms with Crippen LogP contribution in [0.3, 0.4) is 0 Å². The number of carbonyl (C=O) groups excluding carboxylic acids is 1. The normalized spacial score (nSPS) is 12.0. The SMILES string of the molecule is COC(=O)/C(C)=C\C=C(/C)C(C#N)(C#N)Cc1ccc([N+](=O)[O-])cc1. The molecule has 0 saturated heterocycles. The molecule has 7 nitrogen and oxygen atoms in total. The molecule has 0 aliphatic heterocycles. The molecule has 0 atom stereocenters. The summed E-state index contributed by atoms with van der Waals surface area (Å²) in [5.74, 6) is -0.501. The summed E-state index contributed by atoms with van der Waals surface area (Å²) < 4.78 is 4.59. The van der Waals surface area contributed by atoms with Crippen LogP contribution in [0.25, 0.3) is 0 Å². The Morgan fingerprint density at radius 2 is 1.80 bits per heavy atom.